The van der Waals surface area contributed by atoms with Crippen molar-refractivity contribution in [3.05, 3.63) is 23.9 Å². The maximum Gasteiger partial charge on any atom is 0.225 e. The third-order valence-electron chi connectivity index (χ3n) is 4.75. The summed E-state index contributed by atoms with van der Waals surface area (Å²) in [6, 6.07) is 5.77. The van der Waals surface area contributed by atoms with E-state index < -0.39 is 0 Å². The summed E-state index contributed by atoms with van der Waals surface area (Å²) in [6.07, 6.45) is 7.48. The van der Waals surface area contributed by atoms with E-state index in [9.17, 15) is 10.1 Å². The van der Waals surface area contributed by atoms with Crippen LogP contribution >= 0.6 is 0 Å². The quantitative estimate of drug-likeness (QED) is 0.839. The van der Waals surface area contributed by atoms with Gasteiger partial charge in [0, 0.05) is 38.3 Å². The van der Waals surface area contributed by atoms with Gasteiger partial charge in [-0.15, -0.1) is 0 Å². The van der Waals surface area contributed by atoms with Crippen LogP contribution in [0.4, 0.5) is 5.82 Å². The second-order valence-electron chi connectivity index (χ2n) is 6.13. The number of carbonyl (C=O) groups is 1. The van der Waals surface area contributed by atoms with Crippen molar-refractivity contribution < 1.29 is 4.79 Å². The van der Waals surface area contributed by atoms with E-state index in [1.54, 1.807) is 18.3 Å². The highest BCUT2D eigenvalue weighted by atomic mass is 16.2. The first kappa shape index (κ1) is 14.8. The molecular weight excluding hydrogens is 276 g/mol. The summed E-state index contributed by atoms with van der Waals surface area (Å²) in [5, 5.41) is 9.18. The van der Waals surface area contributed by atoms with E-state index in [4.69, 9.17) is 0 Å². The average molecular weight is 298 g/mol. The van der Waals surface area contributed by atoms with Gasteiger partial charge >= 0.3 is 0 Å². The molecule has 3 rings (SSSR count). The van der Waals surface area contributed by atoms with Gasteiger partial charge in [0.15, 0.2) is 0 Å². The lowest BCUT2D eigenvalue weighted by atomic mass is 9.88. The Labute approximate surface area is 131 Å². The highest BCUT2D eigenvalue weighted by Gasteiger charge is 2.29. The molecule has 1 amide bonds. The summed E-state index contributed by atoms with van der Waals surface area (Å²) >= 11 is 0. The summed E-state index contributed by atoms with van der Waals surface area (Å²) in [5.41, 5.74) is 0.606. The van der Waals surface area contributed by atoms with Crippen molar-refractivity contribution >= 4 is 11.7 Å². The summed E-state index contributed by atoms with van der Waals surface area (Å²) in [4.78, 5) is 21.0. The molecule has 5 nitrogen and oxygen atoms in total. The van der Waals surface area contributed by atoms with E-state index in [2.05, 4.69) is 16.0 Å². The van der Waals surface area contributed by atoms with Gasteiger partial charge in [-0.05, 0) is 25.0 Å². The topological polar surface area (TPSA) is 60.2 Å². The van der Waals surface area contributed by atoms with Crippen molar-refractivity contribution in [2.24, 2.45) is 5.92 Å². The number of carbonyl (C=O) groups excluding carboxylic acids is 1. The minimum atomic E-state index is 0.241. The first-order valence-electron chi connectivity index (χ1n) is 8.18. The molecule has 0 radical (unpaired) electrons. The molecule has 2 heterocycles. The zero-order valence-electron chi connectivity index (χ0n) is 12.9. The smallest absolute Gasteiger partial charge is 0.225 e. The lowest BCUT2D eigenvalue weighted by Crippen LogP contribution is -2.51. The van der Waals surface area contributed by atoms with Crippen LogP contribution in [0.1, 0.15) is 37.7 Å². The number of nitriles is 1. The summed E-state index contributed by atoms with van der Waals surface area (Å²) in [5.74, 6) is 1.32. The van der Waals surface area contributed by atoms with Crippen molar-refractivity contribution in [1.82, 2.24) is 9.88 Å². The zero-order valence-corrected chi connectivity index (χ0v) is 12.9. The molecule has 1 aliphatic heterocycles. The number of piperazine rings is 1. The van der Waals surface area contributed by atoms with Gasteiger partial charge < -0.3 is 9.80 Å². The number of hydrogen-bond acceptors (Lipinski definition) is 4. The minimum absolute atomic E-state index is 0.241. The van der Waals surface area contributed by atoms with Crippen LogP contribution in [-0.2, 0) is 4.79 Å². The number of rotatable bonds is 2. The van der Waals surface area contributed by atoms with E-state index in [0.29, 0.717) is 11.5 Å². The highest BCUT2D eigenvalue weighted by molar-refractivity contribution is 5.79. The van der Waals surface area contributed by atoms with Crippen molar-refractivity contribution in [3.63, 3.8) is 0 Å². The Morgan fingerprint density at radius 3 is 2.59 bits per heavy atom. The van der Waals surface area contributed by atoms with Crippen LogP contribution in [0.2, 0.25) is 0 Å². The predicted octanol–water partition coefficient (Wildman–Crippen LogP) is 2.18. The standard InChI is InChI=1S/C17H22N4O/c18-13-15-7-4-8-19-16(15)20-9-11-21(12-10-20)17(22)14-5-2-1-3-6-14/h4,7-8,14H,1-3,5-6,9-12H2. The molecule has 2 fully saturated rings. The van der Waals surface area contributed by atoms with E-state index in [-0.39, 0.29) is 5.92 Å². The van der Waals surface area contributed by atoms with Gasteiger partial charge in [0.2, 0.25) is 5.91 Å². The van der Waals surface area contributed by atoms with Crippen LogP contribution in [0.15, 0.2) is 18.3 Å². The second-order valence-corrected chi connectivity index (χ2v) is 6.13. The van der Waals surface area contributed by atoms with Crippen molar-refractivity contribution in [3.8, 4) is 6.07 Å². The molecule has 0 unspecified atom stereocenters. The first-order valence-corrected chi connectivity index (χ1v) is 8.18. The van der Waals surface area contributed by atoms with Crippen molar-refractivity contribution in [1.29, 1.82) is 5.26 Å². The van der Waals surface area contributed by atoms with Gasteiger partial charge in [-0.1, -0.05) is 19.3 Å². The maximum absolute atomic E-state index is 12.6. The normalized spacial score (nSPS) is 19.8. The Kier molecular flexibility index (Phi) is 4.57. The van der Waals surface area contributed by atoms with Crippen LogP contribution in [0.25, 0.3) is 0 Å². The number of amides is 1. The van der Waals surface area contributed by atoms with Gasteiger partial charge in [-0.2, -0.15) is 5.26 Å². The molecule has 1 saturated carbocycles. The van der Waals surface area contributed by atoms with Crippen molar-refractivity contribution in [2.45, 2.75) is 32.1 Å². The van der Waals surface area contributed by atoms with Crippen LogP contribution in [0.3, 0.4) is 0 Å². The van der Waals surface area contributed by atoms with Crippen LogP contribution in [0.5, 0.6) is 0 Å². The highest BCUT2D eigenvalue weighted by Crippen LogP contribution is 2.26. The fourth-order valence-electron chi connectivity index (χ4n) is 3.48. The zero-order chi connectivity index (χ0) is 15.4. The third-order valence-corrected chi connectivity index (χ3v) is 4.75. The summed E-state index contributed by atoms with van der Waals surface area (Å²) < 4.78 is 0. The molecule has 0 atom stereocenters. The predicted molar refractivity (Wildman–Crippen MR) is 84.3 cm³/mol. The van der Waals surface area contributed by atoms with E-state index >= 15 is 0 Å². The van der Waals surface area contributed by atoms with Gasteiger partial charge in [0.25, 0.3) is 0 Å². The molecule has 0 aromatic carbocycles. The number of pyridine rings is 1. The molecule has 0 bridgehead atoms. The SMILES string of the molecule is N#Cc1cccnc1N1CCN(C(=O)C2CCCCC2)CC1. The Balaban J connectivity index is 1.60. The number of nitrogens with zero attached hydrogens (tertiary/aromatic N) is 4. The van der Waals surface area contributed by atoms with Crippen LogP contribution in [-0.4, -0.2) is 42.0 Å². The first-order chi connectivity index (χ1) is 10.8. The molecule has 1 aromatic heterocycles. The van der Waals surface area contributed by atoms with Crippen LogP contribution in [0, 0.1) is 17.2 Å². The monoisotopic (exact) mass is 298 g/mol. The van der Waals surface area contributed by atoms with E-state index in [1.165, 1.54) is 19.3 Å². The molecule has 2 aliphatic rings. The molecule has 0 spiro atoms. The second kappa shape index (κ2) is 6.78. The van der Waals surface area contributed by atoms with Gasteiger partial charge in [0.05, 0.1) is 5.56 Å². The number of aromatic nitrogens is 1. The molecule has 0 N–H and O–H groups in total. The van der Waals surface area contributed by atoms with Crippen molar-refractivity contribution in [2.75, 3.05) is 31.1 Å². The number of anilines is 1. The Morgan fingerprint density at radius 2 is 1.91 bits per heavy atom. The molecular formula is C17H22N4O. The van der Waals surface area contributed by atoms with Crippen LogP contribution < -0.4 is 4.90 Å². The average Bonchev–Trinajstić information content (AvgIpc) is 2.62. The molecule has 1 aliphatic carbocycles. The Bertz CT molecular complexity index is 566. The van der Waals surface area contributed by atoms with E-state index in [0.717, 1.165) is 44.8 Å². The van der Waals surface area contributed by atoms with Gasteiger partial charge in [0.1, 0.15) is 11.9 Å². The lowest BCUT2D eigenvalue weighted by Gasteiger charge is -2.37. The Morgan fingerprint density at radius 1 is 1.18 bits per heavy atom. The fraction of sp³-hybridized carbons (Fsp3) is 0.588. The molecule has 1 aromatic rings. The summed E-state index contributed by atoms with van der Waals surface area (Å²) in [6.45, 7) is 2.97. The lowest BCUT2D eigenvalue weighted by molar-refractivity contribution is -0.136. The molecule has 1 saturated heterocycles. The molecule has 22 heavy (non-hydrogen) atoms. The number of hydrogen-bond donors (Lipinski definition) is 0. The minimum Gasteiger partial charge on any atom is -0.352 e. The van der Waals surface area contributed by atoms with Gasteiger partial charge in [-0.25, -0.2) is 4.98 Å². The van der Waals surface area contributed by atoms with E-state index in [1.807, 2.05) is 4.90 Å². The van der Waals surface area contributed by atoms with Gasteiger partial charge in [-0.3, -0.25) is 4.79 Å². The fourth-order valence-corrected chi connectivity index (χ4v) is 3.48. The summed E-state index contributed by atoms with van der Waals surface area (Å²) in [7, 11) is 0. The molecule has 116 valence electrons. The largest absolute Gasteiger partial charge is 0.352 e. The molecule has 5 heteroatoms. The Hall–Kier alpha value is -2.09. The third kappa shape index (κ3) is 3.06. The maximum atomic E-state index is 12.6.